The van der Waals surface area contributed by atoms with Crippen LogP contribution in [0.4, 0.5) is 11.4 Å². The number of ether oxygens (including phenoxy) is 1. The summed E-state index contributed by atoms with van der Waals surface area (Å²) >= 11 is 6.16. The minimum absolute atomic E-state index is 0.00684. The van der Waals surface area contributed by atoms with E-state index in [2.05, 4.69) is 5.32 Å². The molecule has 1 N–H and O–H groups in total. The Morgan fingerprint density at radius 1 is 1.11 bits per heavy atom. The van der Waals surface area contributed by atoms with Gasteiger partial charge in [0.25, 0.3) is 11.6 Å². The molecule has 0 bridgehead atoms. The second kappa shape index (κ2) is 10.7. The number of aryl methyl sites for hydroxylation is 1. The van der Waals surface area contributed by atoms with Crippen LogP contribution in [-0.4, -0.2) is 10.8 Å². The van der Waals surface area contributed by atoms with Crippen LogP contribution in [0.2, 0.25) is 5.02 Å². The van der Waals surface area contributed by atoms with Crippen LogP contribution in [0, 0.1) is 28.4 Å². The van der Waals surface area contributed by atoms with Gasteiger partial charge in [-0.2, -0.15) is 5.26 Å². The van der Waals surface area contributed by atoms with E-state index < -0.39 is 10.8 Å². The lowest BCUT2D eigenvalue weighted by Crippen LogP contribution is -2.13. The number of carbonyl (C=O) groups excluding carboxylic acids is 1. The van der Waals surface area contributed by atoms with Crippen LogP contribution in [-0.2, 0) is 11.4 Å². The van der Waals surface area contributed by atoms with E-state index >= 15 is 0 Å². The van der Waals surface area contributed by atoms with Crippen molar-refractivity contribution in [2.24, 2.45) is 0 Å². The molecule has 0 radical (unpaired) electrons. The number of carbonyl (C=O) groups is 1. The van der Waals surface area contributed by atoms with Crippen LogP contribution in [0.15, 0.2) is 84.4 Å². The Hall–Kier alpha value is -4.67. The third-order valence-electron chi connectivity index (χ3n) is 5.56. The van der Waals surface area contributed by atoms with Gasteiger partial charge in [-0.1, -0.05) is 48.0 Å². The maximum Gasteiger partial charge on any atom is 0.269 e. The molecule has 0 atom stereocenters. The van der Waals surface area contributed by atoms with E-state index in [1.54, 1.807) is 36.4 Å². The summed E-state index contributed by atoms with van der Waals surface area (Å²) in [6.45, 7) is 2.00. The molecule has 0 aromatic heterocycles. The predicted octanol–water partition coefficient (Wildman–Crippen LogP) is 6.83. The molecule has 178 valence electrons. The van der Waals surface area contributed by atoms with E-state index in [0.717, 1.165) is 21.9 Å². The average molecular weight is 498 g/mol. The number of fused-ring (bicyclic) bond motifs is 1. The molecular formula is C28H20ClN3O4. The van der Waals surface area contributed by atoms with Crippen molar-refractivity contribution >= 4 is 45.7 Å². The quantitative estimate of drug-likeness (QED) is 0.130. The zero-order valence-electron chi connectivity index (χ0n) is 19.2. The van der Waals surface area contributed by atoms with Gasteiger partial charge in [0.1, 0.15) is 24.0 Å². The van der Waals surface area contributed by atoms with Crippen molar-refractivity contribution in [3.05, 3.63) is 116 Å². The number of benzene rings is 4. The Morgan fingerprint density at radius 2 is 1.86 bits per heavy atom. The Morgan fingerprint density at radius 3 is 2.56 bits per heavy atom. The predicted molar refractivity (Wildman–Crippen MR) is 140 cm³/mol. The first-order chi connectivity index (χ1) is 17.4. The second-order valence-corrected chi connectivity index (χ2v) is 8.41. The molecule has 4 aromatic carbocycles. The van der Waals surface area contributed by atoms with Crippen LogP contribution in [0.25, 0.3) is 16.8 Å². The highest BCUT2D eigenvalue weighted by atomic mass is 35.5. The first kappa shape index (κ1) is 24.5. The molecule has 4 aromatic rings. The highest BCUT2D eigenvalue weighted by Gasteiger charge is 2.15. The standard InChI is InChI=1S/C28H20ClN3O4/c1-18-6-10-22(15-26(18)29)31-28(33)21(16-30)14-25-24-5-3-2-4-20(24)9-13-27(25)36-17-19-7-11-23(12-8-19)32(34)35/h2-15H,17H2,1H3,(H,31,33)/b21-14+. The van der Waals surface area contributed by atoms with Crippen molar-refractivity contribution in [3.8, 4) is 11.8 Å². The summed E-state index contributed by atoms with van der Waals surface area (Å²) < 4.78 is 6.03. The topological polar surface area (TPSA) is 105 Å². The molecule has 0 saturated carbocycles. The molecule has 0 heterocycles. The van der Waals surface area contributed by atoms with Crippen LogP contribution in [0.5, 0.6) is 5.75 Å². The molecule has 0 unspecified atom stereocenters. The molecule has 0 saturated heterocycles. The van der Waals surface area contributed by atoms with Gasteiger partial charge >= 0.3 is 0 Å². The number of halogens is 1. The van der Waals surface area contributed by atoms with E-state index in [1.807, 2.05) is 43.3 Å². The number of nitriles is 1. The minimum Gasteiger partial charge on any atom is -0.488 e. The third-order valence-corrected chi connectivity index (χ3v) is 5.96. The maximum atomic E-state index is 12.9. The number of anilines is 1. The lowest BCUT2D eigenvalue weighted by Gasteiger charge is -2.13. The minimum atomic E-state index is -0.577. The van der Waals surface area contributed by atoms with Crippen LogP contribution in [0.3, 0.4) is 0 Å². The van der Waals surface area contributed by atoms with Crippen molar-refractivity contribution in [2.75, 3.05) is 5.32 Å². The number of hydrogen-bond donors (Lipinski definition) is 1. The zero-order valence-corrected chi connectivity index (χ0v) is 20.0. The van der Waals surface area contributed by atoms with Gasteiger partial charge in [0, 0.05) is 28.4 Å². The van der Waals surface area contributed by atoms with Gasteiger partial charge < -0.3 is 10.1 Å². The lowest BCUT2D eigenvalue weighted by atomic mass is 10.0. The molecule has 7 nitrogen and oxygen atoms in total. The number of hydrogen-bond acceptors (Lipinski definition) is 5. The average Bonchev–Trinajstić information content (AvgIpc) is 2.88. The molecule has 0 fully saturated rings. The van der Waals surface area contributed by atoms with Crippen molar-refractivity contribution in [3.63, 3.8) is 0 Å². The normalized spacial score (nSPS) is 11.1. The SMILES string of the molecule is Cc1ccc(NC(=O)/C(C#N)=C/c2c(OCc3ccc([N+](=O)[O-])cc3)ccc3ccccc23)cc1Cl. The van der Waals surface area contributed by atoms with Gasteiger partial charge in [-0.25, -0.2) is 0 Å². The van der Waals surface area contributed by atoms with Gasteiger partial charge in [-0.15, -0.1) is 0 Å². The Kier molecular flexibility index (Phi) is 7.28. The number of nitro groups is 1. The van der Waals surface area contributed by atoms with Gasteiger partial charge in [0.05, 0.1) is 4.92 Å². The summed E-state index contributed by atoms with van der Waals surface area (Å²) in [5.41, 5.74) is 2.54. The second-order valence-electron chi connectivity index (χ2n) is 8.00. The molecule has 36 heavy (non-hydrogen) atoms. The summed E-state index contributed by atoms with van der Waals surface area (Å²) in [4.78, 5) is 23.4. The van der Waals surface area contributed by atoms with Crippen LogP contribution < -0.4 is 10.1 Å². The monoisotopic (exact) mass is 497 g/mol. The summed E-state index contributed by atoms with van der Waals surface area (Å²) in [6, 6.07) is 24.4. The largest absolute Gasteiger partial charge is 0.488 e. The van der Waals surface area contributed by atoms with E-state index in [0.29, 0.717) is 22.0 Å². The lowest BCUT2D eigenvalue weighted by molar-refractivity contribution is -0.384. The van der Waals surface area contributed by atoms with Gasteiger partial charge in [-0.3, -0.25) is 14.9 Å². The van der Waals surface area contributed by atoms with Crippen LogP contribution >= 0.6 is 11.6 Å². The fraction of sp³-hybridized carbons (Fsp3) is 0.0714. The Balaban J connectivity index is 1.66. The zero-order chi connectivity index (χ0) is 25.7. The van der Waals surface area contributed by atoms with Crippen molar-refractivity contribution in [1.29, 1.82) is 5.26 Å². The van der Waals surface area contributed by atoms with E-state index in [-0.39, 0.29) is 17.9 Å². The van der Waals surface area contributed by atoms with E-state index in [9.17, 15) is 20.2 Å². The molecule has 4 rings (SSSR count). The van der Waals surface area contributed by atoms with Crippen molar-refractivity contribution in [1.82, 2.24) is 0 Å². The maximum absolute atomic E-state index is 12.9. The fourth-order valence-electron chi connectivity index (χ4n) is 3.59. The summed E-state index contributed by atoms with van der Waals surface area (Å²) in [7, 11) is 0. The highest BCUT2D eigenvalue weighted by Crippen LogP contribution is 2.31. The number of nitro benzene ring substituents is 1. The number of nitrogens with one attached hydrogen (secondary N) is 1. The van der Waals surface area contributed by atoms with Gasteiger partial charge in [0.2, 0.25) is 0 Å². The summed E-state index contributed by atoms with van der Waals surface area (Å²) in [5, 5.41) is 25.6. The molecule has 0 aliphatic carbocycles. The van der Waals surface area contributed by atoms with Crippen molar-refractivity contribution < 1.29 is 14.5 Å². The summed E-state index contributed by atoms with van der Waals surface area (Å²) in [6.07, 6.45) is 1.50. The molecular weight excluding hydrogens is 478 g/mol. The highest BCUT2D eigenvalue weighted by molar-refractivity contribution is 6.31. The summed E-state index contributed by atoms with van der Waals surface area (Å²) in [5.74, 6) is -0.113. The van der Waals surface area contributed by atoms with E-state index in [1.165, 1.54) is 18.2 Å². The van der Waals surface area contributed by atoms with Crippen molar-refractivity contribution in [2.45, 2.75) is 13.5 Å². The van der Waals surface area contributed by atoms with E-state index in [4.69, 9.17) is 16.3 Å². The molecule has 1 amide bonds. The first-order valence-electron chi connectivity index (χ1n) is 10.9. The number of non-ortho nitro benzene ring substituents is 1. The molecule has 0 aliphatic rings. The number of nitrogens with zero attached hydrogens (tertiary/aromatic N) is 2. The fourth-order valence-corrected chi connectivity index (χ4v) is 3.77. The third kappa shape index (κ3) is 5.52. The Labute approximate surface area is 212 Å². The number of rotatable bonds is 7. The van der Waals surface area contributed by atoms with Crippen LogP contribution in [0.1, 0.15) is 16.7 Å². The smallest absolute Gasteiger partial charge is 0.269 e. The molecule has 8 heteroatoms. The number of amides is 1. The first-order valence-corrected chi connectivity index (χ1v) is 11.3. The Bertz CT molecular complexity index is 1540. The molecule has 0 spiro atoms. The van der Waals surface area contributed by atoms with Gasteiger partial charge in [0.15, 0.2) is 0 Å². The molecule has 0 aliphatic heterocycles. The van der Waals surface area contributed by atoms with Gasteiger partial charge in [-0.05, 0) is 65.2 Å².